The van der Waals surface area contributed by atoms with E-state index in [-0.39, 0.29) is 22.2 Å². The summed E-state index contributed by atoms with van der Waals surface area (Å²) in [5, 5.41) is 0.0819. The lowest BCUT2D eigenvalue weighted by atomic mass is 10.3. The summed E-state index contributed by atoms with van der Waals surface area (Å²) in [5.74, 6) is 0.523. The maximum atomic E-state index is 11.3. The maximum Gasteiger partial charge on any atom is 0.156 e. The number of aldehydes is 1. The Labute approximate surface area is 104 Å². The smallest absolute Gasteiger partial charge is 0.156 e. The van der Waals surface area contributed by atoms with Crippen LogP contribution in [-0.4, -0.2) is 49.3 Å². The van der Waals surface area contributed by atoms with Gasteiger partial charge in [-0.2, -0.15) is 0 Å². The summed E-state index contributed by atoms with van der Waals surface area (Å²) < 4.78 is 22.6. The molecule has 1 aliphatic heterocycles. The summed E-state index contributed by atoms with van der Waals surface area (Å²) in [6.45, 7) is 0.632. The molecule has 2 heterocycles. The average Bonchev–Trinajstić information content (AvgIpc) is 2.29. The largest absolute Gasteiger partial charge is 0.354 e. The summed E-state index contributed by atoms with van der Waals surface area (Å²) >= 11 is 5.78. The van der Waals surface area contributed by atoms with E-state index in [2.05, 4.69) is 9.97 Å². The number of halogens is 1. The van der Waals surface area contributed by atoms with Gasteiger partial charge in [0.25, 0.3) is 0 Å². The number of rotatable bonds is 2. The van der Waals surface area contributed by atoms with Gasteiger partial charge in [-0.3, -0.25) is 4.79 Å². The van der Waals surface area contributed by atoms with Crippen molar-refractivity contribution in [2.75, 3.05) is 29.5 Å². The van der Waals surface area contributed by atoms with Crippen molar-refractivity contribution in [1.82, 2.24) is 9.97 Å². The van der Waals surface area contributed by atoms with Gasteiger partial charge in [0.15, 0.2) is 16.1 Å². The molecule has 0 aromatic carbocycles. The highest BCUT2D eigenvalue weighted by Crippen LogP contribution is 2.22. The number of carbonyl (C=O) groups is 1. The van der Waals surface area contributed by atoms with Crippen LogP contribution < -0.4 is 4.90 Å². The number of carbonyl (C=O) groups excluding carboxylic acids is 1. The van der Waals surface area contributed by atoms with Gasteiger partial charge in [-0.1, -0.05) is 11.6 Å². The Kier molecular flexibility index (Phi) is 3.30. The molecule has 1 aromatic rings. The first-order valence-corrected chi connectivity index (χ1v) is 7.14. The molecule has 0 unspecified atom stereocenters. The molecule has 0 spiro atoms. The summed E-state index contributed by atoms with van der Waals surface area (Å²) in [4.78, 5) is 20.3. The Bertz CT molecular complexity index is 532. The van der Waals surface area contributed by atoms with Crippen LogP contribution in [0.2, 0.25) is 5.15 Å². The van der Waals surface area contributed by atoms with E-state index in [4.69, 9.17) is 11.6 Å². The van der Waals surface area contributed by atoms with E-state index in [1.54, 1.807) is 4.90 Å². The molecule has 1 saturated heterocycles. The molecule has 2 rings (SSSR count). The summed E-state index contributed by atoms with van der Waals surface area (Å²) in [5.41, 5.74) is 0.202. The highest BCUT2D eigenvalue weighted by atomic mass is 35.5. The normalized spacial score (nSPS) is 19.0. The van der Waals surface area contributed by atoms with Gasteiger partial charge in [0, 0.05) is 13.1 Å². The van der Waals surface area contributed by atoms with E-state index in [1.165, 1.54) is 6.33 Å². The van der Waals surface area contributed by atoms with E-state index in [0.717, 1.165) is 0 Å². The van der Waals surface area contributed by atoms with Crippen LogP contribution in [0.3, 0.4) is 0 Å². The van der Waals surface area contributed by atoms with Crippen LogP contribution in [-0.2, 0) is 9.84 Å². The second-order valence-corrected chi connectivity index (χ2v) is 6.32. The third-order valence-electron chi connectivity index (χ3n) is 2.58. The highest BCUT2D eigenvalue weighted by Gasteiger charge is 2.24. The third-order valence-corrected chi connectivity index (χ3v) is 4.49. The Morgan fingerprint density at radius 1 is 1.29 bits per heavy atom. The Balaban J connectivity index is 2.30. The molecule has 0 amide bonds. The fourth-order valence-corrected chi connectivity index (χ4v) is 3.02. The lowest BCUT2D eigenvalue weighted by molar-refractivity contribution is 0.112. The van der Waals surface area contributed by atoms with E-state index >= 15 is 0 Å². The van der Waals surface area contributed by atoms with Crippen LogP contribution in [0.5, 0.6) is 0 Å². The predicted octanol–water partition coefficient (Wildman–Crippen LogP) is 0.177. The van der Waals surface area contributed by atoms with Gasteiger partial charge in [0.2, 0.25) is 0 Å². The standard InChI is InChI=1S/C9H10ClN3O3S/c10-8-7(5-14)9(12-6-11-8)13-1-3-17(15,16)4-2-13/h5-6H,1-4H2. The summed E-state index contributed by atoms with van der Waals surface area (Å²) in [6.07, 6.45) is 1.84. The van der Waals surface area contributed by atoms with Gasteiger partial charge in [0.1, 0.15) is 17.3 Å². The van der Waals surface area contributed by atoms with Crippen molar-refractivity contribution in [2.45, 2.75) is 0 Å². The Morgan fingerprint density at radius 2 is 1.94 bits per heavy atom. The minimum absolute atomic E-state index is 0.0624. The molecule has 1 aliphatic rings. The van der Waals surface area contributed by atoms with Crippen LogP contribution in [0, 0.1) is 0 Å². The lowest BCUT2D eigenvalue weighted by Gasteiger charge is -2.28. The number of hydrogen-bond donors (Lipinski definition) is 0. The Hall–Kier alpha value is -1.21. The van der Waals surface area contributed by atoms with Crippen LogP contribution in [0.15, 0.2) is 6.33 Å². The molecule has 17 heavy (non-hydrogen) atoms. The fourth-order valence-electron chi connectivity index (χ4n) is 1.64. The Morgan fingerprint density at radius 3 is 2.53 bits per heavy atom. The number of aromatic nitrogens is 2. The molecule has 0 bridgehead atoms. The van der Waals surface area contributed by atoms with Crippen LogP contribution in [0.4, 0.5) is 5.82 Å². The molecule has 1 fully saturated rings. The SMILES string of the molecule is O=Cc1c(Cl)ncnc1N1CCS(=O)(=O)CC1. The van der Waals surface area contributed by atoms with E-state index < -0.39 is 9.84 Å². The minimum atomic E-state index is -2.96. The molecular formula is C9H10ClN3O3S. The number of anilines is 1. The zero-order chi connectivity index (χ0) is 12.5. The van der Waals surface area contributed by atoms with Crippen molar-refractivity contribution in [2.24, 2.45) is 0 Å². The van der Waals surface area contributed by atoms with Gasteiger partial charge < -0.3 is 4.90 Å². The van der Waals surface area contributed by atoms with Gasteiger partial charge in [-0.15, -0.1) is 0 Å². The molecule has 0 atom stereocenters. The number of hydrogen-bond acceptors (Lipinski definition) is 6. The molecular weight excluding hydrogens is 266 g/mol. The molecule has 0 N–H and O–H groups in total. The number of sulfone groups is 1. The molecule has 0 aliphatic carbocycles. The first kappa shape index (κ1) is 12.3. The highest BCUT2D eigenvalue weighted by molar-refractivity contribution is 7.91. The number of nitrogens with zero attached hydrogens (tertiary/aromatic N) is 3. The molecule has 6 nitrogen and oxygen atoms in total. The fraction of sp³-hybridized carbons (Fsp3) is 0.444. The van der Waals surface area contributed by atoms with E-state index in [0.29, 0.717) is 25.2 Å². The average molecular weight is 276 g/mol. The van der Waals surface area contributed by atoms with Crippen molar-refractivity contribution >= 4 is 33.5 Å². The molecule has 0 radical (unpaired) electrons. The lowest BCUT2D eigenvalue weighted by Crippen LogP contribution is -2.41. The molecule has 1 aromatic heterocycles. The molecule has 8 heteroatoms. The second kappa shape index (κ2) is 4.58. The maximum absolute atomic E-state index is 11.3. The summed E-state index contributed by atoms with van der Waals surface area (Å²) in [7, 11) is -2.96. The van der Waals surface area contributed by atoms with Crippen LogP contribution in [0.25, 0.3) is 0 Å². The van der Waals surface area contributed by atoms with Crippen molar-refractivity contribution in [3.63, 3.8) is 0 Å². The van der Waals surface area contributed by atoms with Gasteiger partial charge in [-0.25, -0.2) is 18.4 Å². The monoisotopic (exact) mass is 275 g/mol. The molecule has 92 valence electrons. The van der Waals surface area contributed by atoms with E-state index in [9.17, 15) is 13.2 Å². The van der Waals surface area contributed by atoms with Gasteiger partial charge in [-0.05, 0) is 0 Å². The van der Waals surface area contributed by atoms with Crippen LogP contribution >= 0.6 is 11.6 Å². The minimum Gasteiger partial charge on any atom is -0.354 e. The predicted molar refractivity (Wildman–Crippen MR) is 63.3 cm³/mol. The van der Waals surface area contributed by atoms with Crippen molar-refractivity contribution in [3.8, 4) is 0 Å². The van der Waals surface area contributed by atoms with Gasteiger partial charge in [0.05, 0.1) is 17.1 Å². The molecule has 0 saturated carbocycles. The van der Waals surface area contributed by atoms with Gasteiger partial charge >= 0.3 is 0 Å². The van der Waals surface area contributed by atoms with E-state index in [1.807, 2.05) is 0 Å². The quantitative estimate of drug-likeness (QED) is 0.566. The summed E-state index contributed by atoms with van der Waals surface area (Å²) in [6, 6.07) is 0. The van der Waals surface area contributed by atoms with Crippen molar-refractivity contribution in [3.05, 3.63) is 17.0 Å². The zero-order valence-corrected chi connectivity index (χ0v) is 10.4. The first-order chi connectivity index (χ1) is 8.03. The van der Waals surface area contributed by atoms with Crippen molar-refractivity contribution in [1.29, 1.82) is 0 Å². The topological polar surface area (TPSA) is 80.2 Å². The van der Waals surface area contributed by atoms with Crippen molar-refractivity contribution < 1.29 is 13.2 Å². The third kappa shape index (κ3) is 2.55. The second-order valence-electron chi connectivity index (χ2n) is 3.66. The zero-order valence-electron chi connectivity index (χ0n) is 8.84. The van der Waals surface area contributed by atoms with Crippen LogP contribution in [0.1, 0.15) is 10.4 Å². The first-order valence-electron chi connectivity index (χ1n) is 4.94.